The molecule has 0 saturated carbocycles. The van der Waals surface area contributed by atoms with Crippen LogP contribution in [0.3, 0.4) is 0 Å². The molecule has 0 atom stereocenters. The van der Waals surface area contributed by atoms with Crippen LogP contribution in [0.4, 0.5) is 0 Å². The molecule has 0 aliphatic heterocycles. The van der Waals surface area contributed by atoms with Gasteiger partial charge in [-0.25, -0.2) is 4.98 Å². The lowest BCUT2D eigenvalue weighted by atomic mass is 10.2. The number of fused-ring (bicyclic) bond motifs is 1. The van der Waals surface area contributed by atoms with E-state index in [4.69, 9.17) is 42.4 Å². The molecule has 0 radical (unpaired) electrons. The van der Waals surface area contributed by atoms with Crippen molar-refractivity contribution in [2.75, 3.05) is 21.3 Å². The van der Waals surface area contributed by atoms with Crippen LogP contribution in [-0.2, 0) is 5.75 Å². The zero-order valence-electron chi connectivity index (χ0n) is 18.1. The highest BCUT2D eigenvalue weighted by Gasteiger charge is 2.17. The molecule has 9 heteroatoms. The van der Waals surface area contributed by atoms with Crippen molar-refractivity contribution in [2.24, 2.45) is 0 Å². The molecule has 3 aromatic carbocycles. The third-order valence-electron chi connectivity index (χ3n) is 4.98. The van der Waals surface area contributed by atoms with Crippen LogP contribution in [0.2, 0.25) is 10.0 Å². The van der Waals surface area contributed by atoms with E-state index in [0.717, 1.165) is 5.56 Å². The van der Waals surface area contributed by atoms with Crippen molar-refractivity contribution in [3.05, 3.63) is 80.6 Å². The highest BCUT2D eigenvalue weighted by Crippen LogP contribution is 2.39. The minimum absolute atomic E-state index is 0.211. The Balaban J connectivity index is 1.80. The normalized spacial score (nSPS) is 10.9. The molecule has 170 valence electrons. The maximum Gasteiger partial charge on any atom is 0.266 e. The summed E-state index contributed by atoms with van der Waals surface area (Å²) in [6.45, 7) is 0. The largest absolute Gasteiger partial charge is 0.493 e. The van der Waals surface area contributed by atoms with E-state index < -0.39 is 0 Å². The van der Waals surface area contributed by atoms with E-state index in [9.17, 15) is 4.79 Å². The molecular weight excluding hydrogens is 483 g/mol. The Labute approximate surface area is 205 Å². The first kappa shape index (κ1) is 23.3. The Morgan fingerprint density at radius 1 is 0.879 bits per heavy atom. The Hall–Kier alpha value is -2.87. The van der Waals surface area contributed by atoms with Gasteiger partial charge >= 0.3 is 0 Å². The van der Waals surface area contributed by atoms with Crippen molar-refractivity contribution < 1.29 is 14.2 Å². The summed E-state index contributed by atoms with van der Waals surface area (Å²) in [7, 11) is 4.70. The molecular formula is C24H20Cl2N2O4S. The van der Waals surface area contributed by atoms with Gasteiger partial charge in [0.15, 0.2) is 16.7 Å². The Morgan fingerprint density at radius 3 is 2.12 bits per heavy atom. The molecule has 0 fully saturated rings. The van der Waals surface area contributed by atoms with E-state index in [-0.39, 0.29) is 5.56 Å². The minimum Gasteiger partial charge on any atom is -0.493 e. The van der Waals surface area contributed by atoms with Crippen molar-refractivity contribution in [1.29, 1.82) is 0 Å². The third-order valence-corrected chi connectivity index (χ3v) is 6.47. The number of ether oxygens (including phenoxy) is 3. The molecule has 33 heavy (non-hydrogen) atoms. The van der Waals surface area contributed by atoms with Gasteiger partial charge in [-0.15, -0.1) is 0 Å². The van der Waals surface area contributed by atoms with Gasteiger partial charge in [0.25, 0.3) is 5.56 Å². The molecule has 0 bridgehead atoms. The van der Waals surface area contributed by atoms with Crippen LogP contribution in [0.15, 0.2) is 64.5 Å². The van der Waals surface area contributed by atoms with Crippen molar-refractivity contribution >= 4 is 45.9 Å². The summed E-state index contributed by atoms with van der Waals surface area (Å²) in [5, 5.41) is 2.03. The Kier molecular flexibility index (Phi) is 7.02. The summed E-state index contributed by atoms with van der Waals surface area (Å²) in [6.07, 6.45) is 0. The van der Waals surface area contributed by atoms with Crippen LogP contribution in [0.1, 0.15) is 5.56 Å². The van der Waals surface area contributed by atoms with E-state index in [2.05, 4.69) is 0 Å². The molecule has 0 aliphatic carbocycles. The topological polar surface area (TPSA) is 62.6 Å². The number of benzene rings is 3. The van der Waals surface area contributed by atoms with Crippen molar-refractivity contribution in [3.8, 4) is 22.9 Å². The second kappa shape index (κ2) is 9.95. The lowest BCUT2D eigenvalue weighted by molar-refractivity contribution is 0.324. The number of rotatable bonds is 7. The average Bonchev–Trinajstić information content (AvgIpc) is 2.83. The van der Waals surface area contributed by atoms with Crippen molar-refractivity contribution in [2.45, 2.75) is 10.9 Å². The lowest BCUT2D eigenvalue weighted by Gasteiger charge is -2.15. The molecule has 0 aliphatic rings. The van der Waals surface area contributed by atoms with Crippen molar-refractivity contribution in [1.82, 2.24) is 9.55 Å². The zero-order valence-corrected chi connectivity index (χ0v) is 20.4. The summed E-state index contributed by atoms with van der Waals surface area (Å²) in [5.74, 6) is 2.15. The van der Waals surface area contributed by atoms with Crippen LogP contribution >= 0.6 is 35.0 Å². The van der Waals surface area contributed by atoms with Gasteiger partial charge in [0.1, 0.15) is 0 Å². The molecule has 6 nitrogen and oxygen atoms in total. The maximum atomic E-state index is 13.4. The van der Waals surface area contributed by atoms with Gasteiger partial charge in [-0.1, -0.05) is 35.0 Å². The van der Waals surface area contributed by atoms with Crippen LogP contribution in [0, 0.1) is 0 Å². The average molecular weight is 503 g/mol. The van der Waals surface area contributed by atoms with E-state index >= 15 is 0 Å². The molecule has 0 spiro atoms. The predicted octanol–water partition coefficient (Wildman–Crippen LogP) is 6.01. The van der Waals surface area contributed by atoms with Gasteiger partial charge in [0.2, 0.25) is 5.75 Å². The Morgan fingerprint density at radius 2 is 1.52 bits per heavy atom. The first-order valence-electron chi connectivity index (χ1n) is 9.85. The fraction of sp³-hybridized carbons (Fsp3) is 0.167. The summed E-state index contributed by atoms with van der Waals surface area (Å²) in [6, 6.07) is 15.9. The minimum atomic E-state index is -0.211. The fourth-order valence-corrected chi connectivity index (χ4v) is 4.66. The summed E-state index contributed by atoms with van der Waals surface area (Å²) >= 11 is 13.6. The zero-order chi connectivity index (χ0) is 23.5. The van der Waals surface area contributed by atoms with Gasteiger partial charge in [0.05, 0.1) is 37.9 Å². The second-order valence-corrected chi connectivity index (χ2v) is 8.81. The van der Waals surface area contributed by atoms with Gasteiger partial charge < -0.3 is 14.2 Å². The van der Waals surface area contributed by atoms with E-state index in [1.54, 1.807) is 68.4 Å². The number of nitrogens with zero attached hydrogens (tertiary/aromatic N) is 2. The molecule has 1 aromatic heterocycles. The second-order valence-electron chi connectivity index (χ2n) is 7.00. The van der Waals surface area contributed by atoms with E-state index in [0.29, 0.717) is 54.8 Å². The maximum absolute atomic E-state index is 13.4. The Bertz CT molecular complexity index is 1350. The number of methoxy groups -OCH3 is 3. The van der Waals surface area contributed by atoms with Crippen molar-refractivity contribution in [3.63, 3.8) is 0 Å². The van der Waals surface area contributed by atoms with E-state index in [1.165, 1.54) is 11.8 Å². The first-order valence-corrected chi connectivity index (χ1v) is 11.6. The fourth-order valence-electron chi connectivity index (χ4n) is 3.42. The summed E-state index contributed by atoms with van der Waals surface area (Å²) in [4.78, 5) is 18.2. The van der Waals surface area contributed by atoms with Crippen LogP contribution in [-0.4, -0.2) is 30.9 Å². The van der Waals surface area contributed by atoms with Gasteiger partial charge in [0, 0.05) is 15.8 Å². The monoisotopic (exact) mass is 502 g/mol. The number of hydrogen-bond acceptors (Lipinski definition) is 6. The molecule has 4 aromatic rings. The molecule has 0 amide bonds. The number of hydrogen-bond donors (Lipinski definition) is 0. The van der Waals surface area contributed by atoms with Crippen LogP contribution in [0.25, 0.3) is 16.6 Å². The standard InChI is InChI=1S/C24H20Cl2N2O4S/c1-30-20-10-14(11-21(31-2)22(20)32-3)13-33-24-27-19-9-6-16(26)12-18(19)23(29)28(24)17-7-4-15(25)5-8-17/h4-12H,13H2,1-3H3. The van der Waals surface area contributed by atoms with Crippen LogP contribution < -0.4 is 19.8 Å². The SMILES string of the molecule is COc1cc(CSc2nc3ccc(Cl)cc3c(=O)n2-c2ccc(Cl)cc2)cc(OC)c1OC. The summed E-state index contributed by atoms with van der Waals surface area (Å²) < 4.78 is 17.9. The number of aromatic nitrogens is 2. The van der Waals surface area contributed by atoms with Gasteiger partial charge in [-0.3, -0.25) is 9.36 Å². The third kappa shape index (κ3) is 4.76. The molecule has 4 rings (SSSR count). The predicted molar refractivity (Wildman–Crippen MR) is 133 cm³/mol. The molecule has 0 unspecified atom stereocenters. The van der Waals surface area contributed by atoms with Crippen LogP contribution in [0.5, 0.6) is 17.2 Å². The molecule has 1 heterocycles. The highest BCUT2D eigenvalue weighted by atomic mass is 35.5. The lowest BCUT2D eigenvalue weighted by Crippen LogP contribution is -2.21. The smallest absolute Gasteiger partial charge is 0.266 e. The first-order chi connectivity index (χ1) is 15.9. The number of halogens is 2. The highest BCUT2D eigenvalue weighted by molar-refractivity contribution is 7.98. The summed E-state index contributed by atoms with van der Waals surface area (Å²) in [5.41, 5.74) is 1.94. The number of thioether (sulfide) groups is 1. The van der Waals surface area contributed by atoms with E-state index in [1.807, 2.05) is 12.1 Å². The quantitative estimate of drug-likeness (QED) is 0.227. The molecule has 0 N–H and O–H groups in total. The van der Waals surface area contributed by atoms with Gasteiger partial charge in [-0.05, 0) is 60.2 Å². The van der Waals surface area contributed by atoms with Gasteiger partial charge in [-0.2, -0.15) is 0 Å². The molecule has 0 saturated heterocycles.